The summed E-state index contributed by atoms with van der Waals surface area (Å²) in [5, 5.41) is 10.7. The van der Waals surface area contributed by atoms with Crippen LogP contribution in [0.2, 0.25) is 5.02 Å². The van der Waals surface area contributed by atoms with Crippen molar-refractivity contribution in [2.24, 2.45) is 0 Å². The number of hydrogen-bond acceptors (Lipinski definition) is 9. The molecule has 0 saturated heterocycles. The first-order valence-electron chi connectivity index (χ1n) is 13.8. The lowest BCUT2D eigenvalue weighted by molar-refractivity contribution is -0.142. The summed E-state index contributed by atoms with van der Waals surface area (Å²) in [6, 6.07) is 21.9. The van der Waals surface area contributed by atoms with Gasteiger partial charge in [-0.1, -0.05) is 54.1 Å². The van der Waals surface area contributed by atoms with Gasteiger partial charge in [0.1, 0.15) is 0 Å². The number of esters is 1. The summed E-state index contributed by atoms with van der Waals surface area (Å²) in [6.45, 7) is 2.15. The first-order chi connectivity index (χ1) is 21.0. The molecule has 5 aromatic rings. The number of halogens is 1. The quantitative estimate of drug-likeness (QED) is 0.157. The van der Waals surface area contributed by atoms with Crippen molar-refractivity contribution >= 4 is 40.7 Å². The number of aromatic nitrogens is 4. The zero-order valence-corrected chi connectivity index (χ0v) is 26.2. The largest absolute Gasteiger partial charge is 0.493 e. The maximum atomic E-state index is 12.1. The molecule has 43 heavy (non-hydrogen) atoms. The second kappa shape index (κ2) is 12.8. The number of thiazole rings is 1. The van der Waals surface area contributed by atoms with Crippen molar-refractivity contribution in [2.75, 3.05) is 20.8 Å². The van der Waals surface area contributed by atoms with Crippen molar-refractivity contribution < 1.29 is 19.0 Å². The highest BCUT2D eigenvalue weighted by atomic mass is 35.5. The number of ether oxygens (including phenoxy) is 3. The molecule has 0 bridgehead atoms. The van der Waals surface area contributed by atoms with Gasteiger partial charge < -0.3 is 14.2 Å². The summed E-state index contributed by atoms with van der Waals surface area (Å²) in [6.07, 6.45) is 2.54. The van der Waals surface area contributed by atoms with Crippen LogP contribution in [0.25, 0.3) is 17.1 Å². The Balaban J connectivity index is 1.51. The average molecular weight is 633 g/mol. The molecule has 0 fully saturated rings. The number of carbonyl (C=O) groups is 1. The average Bonchev–Trinajstić information content (AvgIpc) is 3.63. The Bertz CT molecular complexity index is 1760. The zero-order chi connectivity index (χ0) is 29.9. The molecular weight excluding hydrogens is 604 g/mol. The molecule has 220 valence electrons. The van der Waals surface area contributed by atoms with Gasteiger partial charge in [0.2, 0.25) is 0 Å². The van der Waals surface area contributed by atoms with E-state index in [2.05, 4.69) is 15.6 Å². The second-order valence-electron chi connectivity index (χ2n) is 9.78. The normalized spacial score (nSPS) is 15.7. The third-order valence-corrected chi connectivity index (χ3v) is 9.86. The fraction of sp³-hybridized carbons (Fsp3) is 0.250. The van der Waals surface area contributed by atoms with Crippen LogP contribution in [0.5, 0.6) is 11.5 Å². The van der Waals surface area contributed by atoms with Crippen molar-refractivity contribution in [3.63, 3.8) is 0 Å². The number of nitrogens with zero attached hydrogens (tertiary/aromatic N) is 4. The lowest BCUT2D eigenvalue weighted by Crippen LogP contribution is -2.07. The predicted octanol–water partition coefficient (Wildman–Crippen LogP) is 7.29. The van der Waals surface area contributed by atoms with Crippen LogP contribution >= 0.6 is 34.7 Å². The number of carbonyl (C=O) groups excluding carboxylic acids is 1. The van der Waals surface area contributed by atoms with E-state index in [-0.39, 0.29) is 22.9 Å². The van der Waals surface area contributed by atoms with Gasteiger partial charge in [-0.05, 0) is 36.8 Å². The van der Waals surface area contributed by atoms with Crippen molar-refractivity contribution in [2.45, 2.75) is 30.3 Å². The standard InChI is InChI=1S/C32H29ClN4O4S2/c1-4-41-28(38)16-21-18-34-27(42-21)17-26-32-36-35-31(19-9-6-5-7-10-19)37(32)24-14-13-20(33)15-23(24)30(43-26)22-11-8-12-25(39-2)29(22)40-3/h5-15,18,26,30H,4,16-17H2,1-3H3/t26-,30-/m1/s1. The summed E-state index contributed by atoms with van der Waals surface area (Å²) in [5.74, 6) is 2.60. The van der Waals surface area contributed by atoms with E-state index >= 15 is 0 Å². The number of rotatable bonds is 9. The number of fused-ring (bicyclic) bond motifs is 3. The van der Waals surface area contributed by atoms with Crippen LogP contribution < -0.4 is 9.47 Å². The summed E-state index contributed by atoms with van der Waals surface area (Å²) in [5.41, 5.74) is 3.86. The summed E-state index contributed by atoms with van der Waals surface area (Å²) in [7, 11) is 3.29. The molecule has 1 aliphatic rings. The van der Waals surface area contributed by atoms with Gasteiger partial charge in [0.15, 0.2) is 23.1 Å². The Morgan fingerprint density at radius 1 is 1.00 bits per heavy atom. The molecule has 2 atom stereocenters. The molecule has 3 heterocycles. The van der Waals surface area contributed by atoms with Gasteiger partial charge in [0.25, 0.3) is 0 Å². The molecule has 1 aliphatic heterocycles. The fourth-order valence-corrected chi connectivity index (χ4v) is 8.05. The maximum absolute atomic E-state index is 12.1. The Labute approximate surface area is 263 Å². The SMILES string of the molecule is CCOC(=O)Cc1cnc(C[C@H]2S[C@H](c3cccc(OC)c3OC)c3cc(Cl)ccc3-n3c(-c4ccccc4)nnc32)s1. The molecular formula is C32H29ClN4O4S2. The van der Waals surface area contributed by atoms with E-state index in [0.29, 0.717) is 29.5 Å². The van der Waals surface area contributed by atoms with E-state index in [9.17, 15) is 4.79 Å². The molecule has 0 N–H and O–H groups in total. The summed E-state index contributed by atoms with van der Waals surface area (Å²) in [4.78, 5) is 17.7. The molecule has 3 aromatic carbocycles. The predicted molar refractivity (Wildman–Crippen MR) is 170 cm³/mol. The first kappa shape index (κ1) is 29.2. The third-order valence-electron chi connectivity index (χ3n) is 7.12. The van der Waals surface area contributed by atoms with Gasteiger partial charge in [-0.3, -0.25) is 9.36 Å². The van der Waals surface area contributed by atoms with Gasteiger partial charge in [0, 0.05) is 33.6 Å². The monoisotopic (exact) mass is 632 g/mol. The first-order valence-corrected chi connectivity index (χ1v) is 15.9. The van der Waals surface area contributed by atoms with Crippen LogP contribution in [-0.2, 0) is 22.4 Å². The van der Waals surface area contributed by atoms with Crippen LogP contribution in [-0.4, -0.2) is 46.5 Å². The van der Waals surface area contributed by atoms with Crippen molar-refractivity contribution in [3.05, 3.63) is 105 Å². The van der Waals surface area contributed by atoms with Crippen LogP contribution in [0.4, 0.5) is 0 Å². The second-order valence-corrected chi connectivity index (χ2v) is 12.7. The van der Waals surface area contributed by atoms with Crippen molar-refractivity contribution in [1.29, 1.82) is 0 Å². The topological polar surface area (TPSA) is 88.4 Å². The van der Waals surface area contributed by atoms with Crippen LogP contribution in [0.15, 0.2) is 72.9 Å². The van der Waals surface area contributed by atoms with Gasteiger partial charge >= 0.3 is 5.97 Å². The highest BCUT2D eigenvalue weighted by molar-refractivity contribution is 8.00. The minimum atomic E-state index is -0.258. The molecule has 11 heteroatoms. The minimum Gasteiger partial charge on any atom is -0.493 e. The molecule has 6 rings (SSSR count). The molecule has 0 radical (unpaired) electrons. The smallest absolute Gasteiger partial charge is 0.311 e. The van der Waals surface area contributed by atoms with E-state index in [0.717, 1.165) is 43.9 Å². The van der Waals surface area contributed by atoms with E-state index in [1.807, 2.05) is 60.7 Å². The lowest BCUT2D eigenvalue weighted by atomic mass is 10.0. The molecule has 0 amide bonds. The summed E-state index contributed by atoms with van der Waals surface area (Å²) >= 11 is 9.91. The Hall–Kier alpha value is -3.86. The minimum absolute atomic E-state index is 0.154. The van der Waals surface area contributed by atoms with Crippen molar-refractivity contribution in [3.8, 4) is 28.6 Å². The molecule has 0 saturated carbocycles. The van der Waals surface area contributed by atoms with Crippen LogP contribution in [0, 0.1) is 0 Å². The number of thioether (sulfide) groups is 1. The van der Waals surface area contributed by atoms with Gasteiger partial charge in [0.05, 0.1) is 48.4 Å². The molecule has 8 nitrogen and oxygen atoms in total. The maximum Gasteiger partial charge on any atom is 0.311 e. The van der Waals surface area contributed by atoms with E-state index in [1.165, 1.54) is 11.3 Å². The van der Waals surface area contributed by atoms with E-state index < -0.39 is 0 Å². The van der Waals surface area contributed by atoms with Crippen molar-refractivity contribution in [1.82, 2.24) is 19.7 Å². The fourth-order valence-electron chi connectivity index (χ4n) is 5.29. The number of benzene rings is 3. The Kier molecular flexibility index (Phi) is 8.69. The lowest BCUT2D eigenvalue weighted by Gasteiger charge is -2.23. The summed E-state index contributed by atoms with van der Waals surface area (Å²) < 4.78 is 18.9. The molecule has 2 aromatic heterocycles. The molecule has 0 spiro atoms. The molecule has 0 aliphatic carbocycles. The zero-order valence-electron chi connectivity index (χ0n) is 23.8. The highest BCUT2D eigenvalue weighted by Gasteiger charge is 2.36. The van der Waals surface area contributed by atoms with E-state index in [4.69, 9.17) is 36.0 Å². The van der Waals surface area contributed by atoms with Crippen LogP contribution in [0.3, 0.4) is 0 Å². The van der Waals surface area contributed by atoms with Gasteiger partial charge in [-0.2, -0.15) is 0 Å². The Morgan fingerprint density at radius 2 is 1.84 bits per heavy atom. The molecule has 0 unspecified atom stereocenters. The number of methoxy groups -OCH3 is 2. The number of hydrogen-bond donors (Lipinski definition) is 0. The third kappa shape index (κ3) is 5.87. The Morgan fingerprint density at radius 3 is 2.60 bits per heavy atom. The van der Waals surface area contributed by atoms with Gasteiger partial charge in [-0.25, -0.2) is 4.98 Å². The van der Waals surface area contributed by atoms with E-state index in [1.54, 1.807) is 39.1 Å². The highest BCUT2D eigenvalue weighted by Crippen LogP contribution is 2.54. The van der Waals surface area contributed by atoms with Crippen LogP contribution in [0.1, 0.15) is 44.3 Å². The number of para-hydroxylation sites is 1. The van der Waals surface area contributed by atoms with Gasteiger partial charge in [-0.15, -0.1) is 33.3 Å².